The van der Waals surface area contributed by atoms with Crippen LogP contribution >= 0.6 is 27.5 Å². The Bertz CT molecular complexity index is 247. The highest BCUT2D eigenvalue weighted by Gasteiger charge is 2.01. The lowest BCUT2D eigenvalue weighted by atomic mass is 10.3. The van der Waals surface area contributed by atoms with Crippen LogP contribution in [0, 0.1) is 6.92 Å². The number of rotatable bonds is 4. The van der Waals surface area contributed by atoms with Gasteiger partial charge in [-0.3, -0.25) is 4.68 Å². The second-order valence-corrected chi connectivity index (χ2v) is 3.90. The topological polar surface area (TPSA) is 17.8 Å². The normalized spacial score (nSPS) is 10.6. The molecule has 0 aromatic carbocycles. The van der Waals surface area contributed by atoms with Crippen LogP contribution in [0.5, 0.6) is 0 Å². The van der Waals surface area contributed by atoms with Crippen molar-refractivity contribution in [3.05, 3.63) is 16.9 Å². The van der Waals surface area contributed by atoms with Gasteiger partial charge in [0.2, 0.25) is 0 Å². The first-order valence-electron chi connectivity index (χ1n) is 3.99. The Kier molecular flexibility index (Phi) is 4.09. The molecule has 0 aliphatic rings. The summed E-state index contributed by atoms with van der Waals surface area (Å²) in [5.41, 5.74) is 1.06. The van der Waals surface area contributed by atoms with Gasteiger partial charge in [0, 0.05) is 11.9 Å². The molecule has 0 unspecified atom stereocenters. The van der Waals surface area contributed by atoms with Crippen LogP contribution in [0.1, 0.15) is 18.5 Å². The highest BCUT2D eigenvalue weighted by Crippen LogP contribution is 2.13. The molecule has 0 fully saturated rings. The van der Waals surface area contributed by atoms with Crippen LogP contribution in [0.3, 0.4) is 0 Å². The van der Waals surface area contributed by atoms with E-state index in [4.69, 9.17) is 11.6 Å². The molecule has 0 aliphatic heterocycles. The molecule has 1 aromatic heterocycles. The zero-order chi connectivity index (χ0) is 8.97. The molecule has 12 heavy (non-hydrogen) atoms. The molecule has 0 bridgehead atoms. The van der Waals surface area contributed by atoms with E-state index in [1.165, 1.54) is 6.42 Å². The molecule has 0 aliphatic carbocycles. The molecule has 0 radical (unpaired) electrons. The summed E-state index contributed by atoms with van der Waals surface area (Å²) in [4.78, 5) is 0. The van der Waals surface area contributed by atoms with Crippen LogP contribution in [0.4, 0.5) is 0 Å². The van der Waals surface area contributed by atoms with E-state index in [0.717, 1.165) is 29.0 Å². The predicted molar refractivity (Wildman–Crippen MR) is 55.0 cm³/mol. The van der Waals surface area contributed by atoms with Gasteiger partial charge < -0.3 is 0 Å². The first-order valence-corrected chi connectivity index (χ1v) is 5.49. The van der Waals surface area contributed by atoms with Gasteiger partial charge in [-0.2, -0.15) is 5.10 Å². The van der Waals surface area contributed by atoms with Crippen LogP contribution in [0.15, 0.2) is 6.20 Å². The zero-order valence-electron chi connectivity index (χ0n) is 7.06. The highest BCUT2D eigenvalue weighted by atomic mass is 79.9. The van der Waals surface area contributed by atoms with E-state index in [1.54, 1.807) is 6.20 Å². The SMILES string of the molecule is Cc1c(Cl)cnn1CCCCBr. The van der Waals surface area contributed by atoms with Crippen LogP contribution < -0.4 is 0 Å². The molecule has 68 valence electrons. The van der Waals surface area contributed by atoms with Gasteiger partial charge in [0.25, 0.3) is 0 Å². The monoisotopic (exact) mass is 250 g/mol. The molecule has 0 amide bonds. The standard InChI is InChI=1S/C8H12BrClN2/c1-7-8(10)6-11-12(7)5-3-2-4-9/h6H,2-5H2,1H3. The third-order valence-electron chi connectivity index (χ3n) is 1.80. The molecule has 2 nitrogen and oxygen atoms in total. The number of aryl methyl sites for hydroxylation is 1. The van der Waals surface area contributed by atoms with Gasteiger partial charge in [-0.05, 0) is 19.8 Å². The van der Waals surface area contributed by atoms with Crippen molar-refractivity contribution in [3.63, 3.8) is 0 Å². The summed E-state index contributed by atoms with van der Waals surface area (Å²) < 4.78 is 1.95. The summed E-state index contributed by atoms with van der Waals surface area (Å²) in [7, 11) is 0. The fraction of sp³-hybridized carbons (Fsp3) is 0.625. The molecule has 1 aromatic rings. The molecule has 0 N–H and O–H groups in total. The number of halogens is 2. The Morgan fingerprint density at radius 2 is 2.33 bits per heavy atom. The van der Waals surface area contributed by atoms with Gasteiger partial charge in [-0.1, -0.05) is 27.5 Å². The molecular formula is C8H12BrClN2. The highest BCUT2D eigenvalue weighted by molar-refractivity contribution is 9.09. The number of nitrogens with zero attached hydrogens (tertiary/aromatic N) is 2. The van der Waals surface area contributed by atoms with E-state index in [0.29, 0.717) is 0 Å². The lowest BCUT2D eigenvalue weighted by molar-refractivity contribution is 0.561. The molecular weight excluding hydrogens is 239 g/mol. The summed E-state index contributed by atoms with van der Waals surface area (Å²) in [6.07, 6.45) is 4.02. The first kappa shape index (κ1) is 10.1. The fourth-order valence-corrected chi connectivity index (χ4v) is 1.54. The number of hydrogen-bond donors (Lipinski definition) is 0. The number of alkyl halides is 1. The van der Waals surface area contributed by atoms with Crippen molar-refractivity contribution >= 4 is 27.5 Å². The van der Waals surface area contributed by atoms with Gasteiger partial charge in [0.15, 0.2) is 0 Å². The third-order valence-corrected chi connectivity index (χ3v) is 2.73. The average molecular weight is 252 g/mol. The van der Waals surface area contributed by atoms with Gasteiger partial charge in [-0.25, -0.2) is 0 Å². The molecule has 1 rings (SSSR count). The van der Waals surface area contributed by atoms with Crippen molar-refractivity contribution in [2.75, 3.05) is 5.33 Å². The van der Waals surface area contributed by atoms with E-state index in [2.05, 4.69) is 21.0 Å². The van der Waals surface area contributed by atoms with Crippen molar-refractivity contribution in [2.24, 2.45) is 0 Å². The maximum atomic E-state index is 5.85. The zero-order valence-corrected chi connectivity index (χ0v) is 9.40. The Morgan fingerprint density at radius 1 is 1.58 bits per heavy atom. The maximum absolute atomic E-state index is 5.85. The third kappa shape index (κ3) is 2.49. The van der Waals surface area contributed by atoms with Gasteiger partial charge in [-0.15, -0.1) is 0 Å². The van der Waals surface area contributed by atoms with E-state index >= 15 is 0 Å². The summed E-state index contributed by atoms with van der Waals surface area (Å²) in [5, 5.41) is 5.97. The predicted octanol–water partition coefficient (Wildman–Crippen LogP) is 3.02. The largest absolute Gasteiger partial charge is 0.268 e. The smallest absolute Gasteiger partial charge is 0.0814 e. The fourth-order valence-electron chi connectivity index (χ4n) is 1.01. The summed E-state index contributed by atoms with van der Waals surface area (Å²) >= 11 is 9.24. The van der Waals surface area contributed by atoms with Gasteiger partial charge in [0.05, 0.1) is 16.9 Å². The average Bonchev–Trinajstić information content (AvgIpc) is 2.36. The van der Waals surface area contributed by atoms with E-state index in [1.807, 2.05) is 11.6 Å². The molecule has 0 atom stereocenters. The van der Waals surface area contributed by atoms with Crippen molar-refractivity contribution in [3.8, 4) is 0 Å². The summed E-state index contributed by atoms with van der Waals surface area (Å²) in [6.45, 7) is 2.95. The van der Waals surface area contributed by atoms with E-state index in [-0.39, 0.29) is 0 Å². The molecule has 0 saturated carbocycles. The number of aromatic nitrogens is 2. The molecule has 1 heterocycles. The lowest BCUT2D eigenvalue weighted by Gasteiger charge is -2.02. The molecule has 0 saturated heterocycles. The summed E-state index contributed by atoms with van der Waals surface area (Å²) in [5.74, 6) is 0. The van der Waals surface area contributed by atoms with Crippen molar-refractivity contribution in [1.29, 1.82) is 0 Å². The van der Waals surface area contributed by atoms with Crippen LogP contribution in [-0.4, -0.2) is 15.1 Å². The second kappa shape index (κ2) is 4.87. The van der Waals surface area contributed by atoms with Gasteiger partial charge >= 0.3 is 0 Å². The van der Waals surface area contributed by atoms with Crippen molar-refractivity contribution < 1.29 is 0 Å². The second-order valence-electron chi connectivity index (χ2n) is 2.70. The van der Waals surface area contributed by atoms with E-state index < -0.39 is 0 Å². The minimum atomic E-state index is 0.758. The number of unbranched alkanes of at least 4 members (excludes halogenated alkanes) is 1. The van der Waals surface area contributed by atoms with Gasteiger partial charge in [0.1, 0.15) is 0 Å². The van der Waals surface area contributed by atoms with Crippen molar-refractivity contribution in [1.82, 2.24) is 9.78 Å². The Labute approximate surface area is 86.0 Å². The number of hydrogen-bond acceptors (Lipinski definition) is 1. The first-order chi connectivity index (χ1) is 5.75. The maximum Gasteiger partial charge on any atom is 0.0814 e. The van der Waals surface area contributed by atoms with Crippen LogP contribution in [-0.2, 0) is 6.54 Å². The van der Waals surface area contributed by atoms with Crippen molar-refractivity contribution in [2.45, 2.75) is 26.3 Å². The Hall–Kier alpha value is -0.0200. The van der Waals surface area contributed by atoms with Crippen LogP contribution in [0.2, 0.25) is 5.02 Å². The quantitative estimate of drug-likeness (QED) is 0.594. The lowest BCUT2D eigenvalue weighted by Crippen LogP contribution is -2.02. The Morgan fingerprint density at radius 3 is 2.83 bits per heavy atom. The minimum absolute atomic E-state index is 0.758. The summed E-state index contributed by atoms with van der Waals surface area (Å²) in [6, 6.07) is 0. The molecule has 0 spiro atoms. The molecule has 4 heteroatoms. The van der Waals surface area contributed by atoms with E-state index in [9.17, 15) is 0 Å². The Balaban J connectivity index is 2.46. The van der Waals surface area contributed by atoms with Crippen LogP contribution in [0.25, 0.3) is 0 Å². The minimum Gasteiger partial charge on any atom is -0.268 e.